The molecule has 162 valence electrons. The van der Waals surface area contributed by atoms with E-state index in [-0.39, 0.29) is 11.2 Å². The molecule has 3 atom stereocenters. The molecule has 0 heterocycles. The van der Waals surface area contributed by atoms with Gasteiger partial charge in [0.05, 0.1) is 0 Å². The first-order valence-electron chi connectivity index (χ1n) is 11.5. The molecule has 0 N–H and O–H groups in total. The van der Waals surface area contributed by atoms with Crippen molar-refractivity contribution in [1.82, 2.24) is 0 Å². The Hall–Kier alpha value is -0.160. The van der Waals surface area contributed by atoms with Crippen LogP contribution in [0.3, 0.4) is 0 Å². The first kappa shape index (κ1) is 24.9. The van der Waals surface area contributed by atoms with Crippen molar-refractivity contribution in [2.75, 3.05) is 0 Å². The molecule has 0 aromatic heterocycles. The zero-order chi connectivity index (χ0) is 20.4. The topological polar surface area (TPSA) is 36.9 Å². The van der Waals surface area contributed by atoms with Gasteiger partial charge in [-0.05, 0) is 51.9 Å². The highest BCUT2D eigenvalue weighted by molar-refractivity contribution is 4.79. The van der Waals surface area contributed by atoms with Crippen molar-refractivity contribution in [3.8, 4) is 0 Å². The Labute approximate surface area is 168 Å². The molecule has 0 aliphatic heterocycles. The highest BCUT2D eigenvalue weighted by atomic mass is 17.3. The number of unbranched alkanes of at least 4 members (excludes halogenated alkanes) is 2. The molecule has 3 unspecified atom stereocenters. The van der Waals surface area contributed by atoms with Crippen LogP contribution in [0.1, 0.15) is 126 Å². The molecule has 0 aromatic carbocycles. The van der Waals surface area contributed by atoms with Crippen molar-refractivity contribution >= 4 is 0 Å². The van der Waals surface area contributed by atoms with Crippen LogP contribution < -0.4 is 0 Å². The monoisotopic (exact) mass is 386 g/mol. The average Bonchev–Trinajstić information content (AvgIpc) is 2.68. The lowest BCUT2D eigenvalue weighted by Gasteiger charge is -2.41. The van der Waals surface area contributed by atoms with Gasteiger partial charge in [0.1, 0.15) is 11.2 Å². The lowest BCUT2D eigenvalue weighted by Crippen LogP contribution is -2.45. The van der Waals surface area contributed by atoms with Crippen molar-refractivity contribution in [2.24, 2.45) is 5.92 Å². The van der Waals surface area contributed by atoms with Crippen LogP contribution in [0.4, 0.5) is 0 Å². The van der Waals surface area contributed by atoms with Crippen molar-refractivity contribution in [3.05, 3.63) is 0 Å². The molecular weight excluding hydrogens is 340 g/mol. The van der Waals surface area contributed by atoms with Gasteiger partial charge in [0.2, 0.25) is 5.79 Å². The van der Waals surface area contributed by atoms with Crippen molar-refractivity contribution in [2.45, 2.75) is 143 Å². The van der Waals surface area contributed by atoms with Crippen molar-refractivity contribution in [3.63, 3.8) is 0 Å². The van der Waals surface area contributed by atoms with E-state index in [1.165, 1.54) is 6.42 Å². The second-order valence-corrected chi connectivity index (χ2v) is 9.26. The fourth-order valence-electron chi connectivity index (χ4n) is 3.63. The van der Waals surface area contributed by atoms with Gasteiger partial charge in [0, 0.05) is 12.8 Å². The van der Waals surface area contributed by atoms with Crippen LogP contribution in [0.15, 0.2) is 0 Å². The van der Waals surface area contributed by atoms with E-state index in [4.69, 9.17) is 19.6 Å². The van der Waals surface area contributed by atoms with E-state index in [0.29, 0.717) is 5.92 Å². The minimum atomic E-state index is -0.789. The standard InChI is InChI=1S/C23H46O4/c1-8-12-16-21(6,10-3)24-26-23(18-14-15-20(5)19-23)27-25-22(7,11-4)17-13-9-2/h20H,8-19H2,1-7H3. The predicted octanol–water partition coefficient (Wildman–Crippen LogP) is 7.51. The molecule has 1 saturated carbocycles. The molecule has 0 amide bonds. The van der Waals surface area contributed by atoms with E-state index in [9.17, 15) is 0 Å². The van der Waals surface area contributed by atoms with E-state index in [1.807, 2.05) is 0 Å². The molecule has 27 heavy (non-hydrogen) atoms. The van der Waals surface area contributed by atoms with Gasteiger partial charge in [-0.2, -0.15) is 9.78 Å². The van der Waals surface area contributed by atoms with Gasteiger partial charge in [-0.3, -0.25) is 0 Å². The summed E-state index contributed by atoms with van der Waals surface area (Å²) < 4.78 is 0. The Morgan fingerprint density at radius 1 is 0.852 bits per heavy atom. The molecule has 0 bridgehead atoms. The van der Waals surface area contributed by atoms with Gasteiger partial charge in [-0.1, -0.05) is 66.7 Å². The van der Waals surface area contributed by atoms with Gasteiger partial charge in [0.25, 0.3) is 0 Å². The van der Waals surface area contributed by atoms with Gasteiger partial charge >= 0.3 is 0 Å². The van der Waals surface area contributed by atoms with Crippen LogP contribution in [0.2, 0.25) is 0 Å². The normalized spacial score (nSPS) is 27.9. The second kappa shape index (κ2) is 11.7. The molecule has 1 rings (SSSR count). The molecule has 1 fully saturated rings. The second-order valence-electron chi connectivity index (χ2n) is 9.26. The minimum absolute atomic E-state index is 0.274. The quantitative estimate of drug-likeness (QED) is 0.176. The van der Waals surface area contributed by atoms with E-state index < -0.39 is 5.79 Å². The van der Waals surface area contributed by atoms with Crippen LogP contribution in [0.25, 0.3) is 0 Å². The summed E-state index contributed by atoms with van der Waals surface area (Å²) in [6.45, 7) is 15.3. The summed E-state index contributed by atoms with van der Waals surface area (Å²) >= 11 is 0. The van der Waals surface area contributed by atoms with Crippen molar-refractivity contribution in [1.29, 1.82) is 0 Å². The summed E-state index contributed by atoms with van der Waals surface area (Å²) in [6.07, 6.45) is 12.3. The third-order valence-electron chi connectivity index (χ3n) is 6.32. The fourth-order valence-corrected chi connectivity index (χ4v) is 3.63. The zero-order valence-corrected chi connectivity index (χ0v) is 19.2. The van der Waals surface area contributed by atoms with E-state index in [0.717, 1.165) is 70.6 Å². The highest BCUT2D eigenvalue weighted by Crippen LogP contribution is 2.40. The highest BCUT2D eigenvalue weighted by Gasteiger charge is 2.43. The van der Waals surface area contributed by atoms with Crippen LogP contribution in [0, 0.1) is 5.92 Å². The van der Waals surface area contributed by atoms with E-state index >= 15 is 0 Å². The van der Waals surface area contributed by atoms with Gasteiger partial charge < -0.3 is 0 Å². The SMILES string of the molecule is CCCCC(C)(CC)OOC1(OOC(C)(CC)CCCC)CCCC(C)C1. The van der Waals surface area contributed by atoms with E-state index in [1.54, 1.807) is 0 Å². The number of rotatable bonds is 14. The van der Waals surface area contributed by atoms with Gasteiger partial charge in [0.15, 0.2) is 0 Å². The summed E-state index contributed by atoms with van der Waals surface area (Å²) in [6, 6.07) is 0. The molecule has 0 spiro atoms. The van der Waals surface area contributed by atoms with Gasteiger partial charge in [-0.25, -0.2) is 9.78 Å². The largest absolute Gasteiger partial charge is 0.234 e. The Morgan fingerprint density at radius 2 is 1.33 bits per heavy atom. The third kappa shape index (κ3) is 8.39. The maximum Gasteiger partial charge on any atom is 0.234 e. The molecule has 1 aliphatic rings. The van der Waals surface area contributed by atoms with Crippen LogP contribution in [-0.4, -0.2) is 17.0 Å². The van der Waals surface area contributed by atoms with E-state index in [2.05, 4.69) is 48.5 Å². The Bertz CT molecular complexity index is 374. The van der Waals surface area contributed by atoms with Crippen molar-refractivity contribution < 1.29 is 19.6 Å². The molecule has 4 nitrogen and oxygen atoms in total. The Kier molecular flexibility index (Phi) is 10.8. The minimum Gasteiger partial charge on any atom is -0.227 e. The third-order valence-corrected chi connectivity index (χ3v) is 6.32. The number of hydrogen-bond donors (Lipinski definition) is 0. The first-order chi connectivity index (χ1) is 12.8. The number of hydrogen-bond acceptors (Lipinski definition) is 4. The predicted molar refractivity (Wildman–Crippen MR) is 111 cm³/mol. The Balaban J connectivity index is 2.79. The molecule has 0 radical (unpaired) electrons. The fraction of sp³-hybridized carbons (Fsp3) is 1.00. The van der Waals surface area contributed by atoms with Crippen LogP contribution >= 0.6 is 0 Å². The maximum absolute atomic E-state index is 6.09. The van der Waals surface area contributed by atoms with Crippen LogP contribution in [0.5, 0.6) is 0 Å². The Morgan fingerprint density at radius 3 is 1.70 bits per heavy atom. The lowest BCUT2D eigenvalue weighted by molar-refractivity contribution is -0.552. The molecule has 0 saturated heterocycles. The average molecular weight is 387 g/mol. The zero-order valence-electron chi connectivity index (χ0n) is 19.2. The molecule has 1 aliphatic carbocycles. The summed E-state index contributed by atoms with van der Waals surface area (Å²) in [5, 5.41) is 0. The van der Waals surface area contributed by atoms with Crippen LogP contribution in [-0.2, 0) is 19.6 Å². The molecule has 0 aromatic rings. The van der Waals surface area contributed by atoms with Gasteiger partial charge in [-0.15, -0.1) is 0 Å². The molecule has 4 heteroatoms. The maximum atomic E-state index is 6.09. The first-order valence-corrected chi connectivity index (χ1v) is 11.5. The molecular formula is C23H46O4. The summed E-state index contributed by atoms with van der Waals surface area (Å²) in [5.41, 5.74) is -0.549. The smallest absolute Gasteiger partial charge is 0.227 e. The lowest BCUT2D eigenvalue weighted by atomic mass is 9.86. The summed E-state index contributed by atoms with van der Waals surface area (Å²) in [5.74, 6) is -0.249. The summed E-state index contributed by atoms with van der Waals surface area (Å²) in [4.78, 5) is 24.3. The summed E-state index contributed by atoms with van der Waals surface area (Å²) in [7, 11) is 0.